The fraction of sp³-hybridized carbons (Fsp3) is 0.867. The van der Waals surface area contributed by atoms with Gasteiger partial charge in [-0.25, -0.2) is 0 Å². The third-order valence-electron chi connectivity index (χ3n) is 4.87. The second-order valence-electron chi connectivity index (χ2n) is 6.82. The number of carbonyl (C=O) groups is 2. The zero-order chi connectivity index (χ0) is 14.8. The number of likely N-dealkylation sites (tertiary alicyclic amines) is 1. The van der Waals surface area contributed by atoms with Gasteiger partial charge in [0.25, 0.3) is 0 Å². The van der Waals surface area contributed by atoms with Gasteiger partial charge in [0.15, 0.2) is 0 Å². The summed E-state index contributed by atoms with van der Waals surface area (Å²) in [6.45, 7) is 5.70. The quantitative estimate of drug-likeness (QED) is 0.827. The van der Waals surface area contributed by atoms with Gasteiger partial charge in [-0.05, 0) is 31.2 Å². The van der Waals surface area contributed by atoms with E-state index in [1.54, 1.807) is 0 Å². The van der Waals surface area contributed by atoms with E-state index >= 15 is 0 Å². The van der Waals surface area contributed by atoms with Crippen LogP contribution >= 0.6 is 12.4 Å². The summed E-state index contributed by atoms with van der Waals surface area (Å²) in [6, 6.07) is 0. The number of hydrogen-bond donors (Lipinski definition) is 2. The second kappa shape index (κ2) is 6.97. The van der Waals surface area contributed by atoms with Gasteiger partial charge in [0.2, 0.25) is 11.8 Å². The molecule has 3 N–H and O–H groups in total. The molecule has 2 fully saturated rings. The van der Waals surface area contributed by atoms with Crippen molar-refractivity contribution in [1.82, 2.24) is 10.2 Å². The Morgan fingerprint density at radius 1 is 1.19 bits per heavy atom. The minimum atomic E-state index is -0.663. The second-order valence-corrected chi connectivity index (χ2v) is 6.82. The number of hydrogen-bond acceptors (Lipinski definition) is 3. The zero-order valence-corrected chi connectivity index (χ0v) is 13.9. The molecule has 1 unspecified atom stereocenters. The first kappa shape index (κ1) is 18.2. The van der Waals surface area contributed by atoms with Gasteiger partial charge in [-0.15, -0.1) is 12.4 Å². The van der Waals surface area contributed by atoms with Crippen LogP contribution in [-0.2, 0) is 9.59 Å². The van der Waals surface area contributed by atoms with Crippen molar-refractivity contribution in [2.75, 3.05) is 19.6 Å². The van der Waals surface area contributed by atoms with Crippen LogP contribution in [0.3, 0.4) is 0 Å². The molecule has 6 heteroatoms. The first-order valence-electron chi connectivity index (χ1n) is 7.69. The number of rotatable bonds is 3. The predicted molar refractivity (Wildman–Crippen MR) is 85.2 cm³/mol. The van der Waals surface area contributed by atoms with Crippen LogP contribution < -0.4 is 11.1 Å². The lowest BCUT2D eigenvalue weighted by molar-refractivity contribution is -0.142. The van der Waals surface area contributed by atoms with Crippen LogP contribution in [0.25, 0.3) is 0 Å². The summed E-state index contributed by atoms with van der Waals surface area (Å²) in [5.41, 5.74) is 5.18. The minimum absolute atomic E-state index is 0. The molecule has 122 valence electrons. The molecule has 1 atom stereocenters. The van der Waals surface area contributed by atoms with Gasteiger partial charge >= 0.3 is 0 Å². The Morgan fingerprint density at radius 2 is 1.81 bits per heavy atom. The molecule has 0 bridgehead atoms. The van der Waals surface area contributed by atoms with E-state index in [1.165, 1.54) is 6.92 Å². The van der Waals surface area contributed by atoms with Crippen LogP contribution in [0.1, 0.15) is 52.4 Å². The number of halogens is 1. The van der Waals surface area contributed by atoms with E-state index in [2.05, 4.69) is 12.2 Å². The Kier molecular flexibility index (Phi) is 6.05. The number of carbonyl (C=O) groups excluding carboxylic acids is 2. The SMILES string of the molecule is CC(=O)NC1(C(=O)N2CCC(C)(CN)C2)CCCCC1.Cl. The summed E-state index contributed by atoms with van der Waals surface area (Å²) in [4.78, 5) is 26.4. The standard InChI is InChI=1S/C15H27N3O2.ClH/c1-12(19)17-15(6-4-3-5-7-15)13(20)18-9-8-14(2,10-16)11-18;/h3-11,16H2,1-2H3,(H,17,19);1H. The Morgan fingerprint density at radius 3 is 2.29 bits per heavy atom. The molecule has 1 saturated heterocycles. The van der Waals surface area contributed by atoms with Crippen molar-refractivity contribution >= 4 is 24.2 Å². The van der Waals surface area contributed by atoms with Crippen molar-refractivity contribution in [2.45, 2.75) is 57.9 Å². The van der Waals surface area contributed by atoms with E-state index < -0.39 is 5.54 Å². The Bertz CT molecular complexity index is 396. The largest absolute Gasteiger partial charge is 0.342 e. The van der Waals surface area contributed by atoms with E-state index in [0.29, 0.717) is 13.1 Å². The highest BCUT2D eigenvalue weighted by Gasteiger charge is 2.46. The first-order chi connectivity index (χ1) is 9.41. The van der Waals surface area contributed by atoms with E-state index in [0.717, 1.165) is 45.1 Å². The molecular weight excluding hydrogens is 290 g/mol. The average Bonchev–Trinajstić information content (AvgIpc) is 2.81. The molecule has 1 heterocycles. The molecular formula is C15H28ClN3O2. The van der Waals surface area contributed by atoms with Crippen molar-refractivity contribution in [1.29, 1.82) is 0 Å². The zero-order valence-electron chi connectivity index (χ0n) is 13.1. The normalized spacial score (nSPS) is 27.9. The van der Waals surface area contributed by atoms with Crippen LogP contribution in [0.5, 0.6) is 0 Å². The van der Waals surface area contributed by atoms with Gasteiger partial charge in [0, 0.05) is 20.0 Å². The van der Waals surface area contributed by atoms with Gasteiger partial charge in [-0.3, -0.25) is 9.59 Å². The number of nitrogens with zero attached hydrogens (tertiary/aromatic N) is 1. The maximum Gasteiger partial charge on any atom is 0.248 e. The van der Waals surface area contributed by atoms with E-state index in [9.17, 15) is 9.59 Å². The lowest BCUT2D eigenvalue weighted by atomic mass is 9.80. The van der Waals surface area contributed by atoms with Crippen molar-refractivity contribution in [3.05, 3.63) is 0 Å². The van der Waals surface area contributed by atoms with E-state index in [4.69, 9.17) is 5.73 Å². The summed E-state index contributed by atoms with van der Waals surface area (Å²) in [5.74, 6) is -0.00870. The highest BCUT2D eigenvalue weighted by molar-refractivity contribution is 5.91. The molecule has 2 amide bonds. The Hall–Kier alpha value is -0.810. The van der Waals surface area contributed by atoms with Crippen molar-refractivity contribution in [3.8, 4) is 0 Å². The topological polar surface area (TPSA) is 75.4 Å². The van der Waals surface area contributed by atoms with Crippen LogP contribution in [0.15, 0.2) is 0 Å². The lowest BCUT2D eigenvalue weighted by Gasteiger charge is -2.39. The number of nitrogens with one attached hydrogen (secondary N) is 1. The van der Waals surface area contributed by atoms with Crippen LogP contribution in [0.2, 0.25) is 0 Å². The van der Waals surface area contributed by atoms with Gasteiger partial charge in [0.1, 0.15) is 5.54 Å². The Balaban J connectivity index is 0.00000220. The summed E-state index contributed by atoms with van der Waals surface area (Å²) in [6.07, 6.45) is 5.64. The molecule has 0 spiro atoms. The molecule has 1 aliphatic carbocycles. The van der Waals surface area contributed by atoms with Gasteiger partial charge < -0.3 is 16.0 Å². The lowest BCUT2D eigenvalue weighted by Crippen LogP contribution is -2.60. The maximum absolute atomic E-state index is 12.9. The molecule has 1 aliphatic heterocycles. The molecule has 5 nitrogen and oxygen atoms in total. The maximum atomic E-state index is 12.9. The van der Waals surface area contributed by atoms with Crippen LogP contribution in [0.4, 0.5) is 0 Å². The molecule has 0 radical (unpaired) electrons. The van der Waals surface area contributed by atoms with E-state index in [-0.39, 0.29) is 29.6 Å². The van der Waals surface area contributed by atoms with E-state index in [1.807, 2.05) is 4.90 Å². The highest BCUT2D eigenvalue weighted by Crippen LogP contribution is 2.34. The van der Waals surface area contributed by atoms with Gasteiger partial charge in [0.05, 0.1) is 0 Å². The van der Waals surface area contributed by atoms with Crippen LogP contribution in [0, 0.1) is 5.41 Å². The highest BCUT2D eigenvalue weighted by atomic mass is 35.5. The summed E-state index contributed by atoms with van der Waals surface area (Å²) < 4.78 is 0. The third-order valence-corrected chi connectivity index (χ3v) is 4.87. The van der Waals surface area contributed by atoms with Gasteiger partial charge in [-0.1, -0.05) is 26.2 Å². The monoisotopic (exact) mass is 317 g/mol. The third kappa shape index (κ3) is 3.89. The van der Waals surface area contributed by atoms with Gasteiger partial charge in [-0.2, -0.15) is 0 Å². The van der Waals surface area contributed by atoms with Crippen LogP contribution in [-0.4, -0.2) is 41.9 Å². The van der Waals surface area contributed by atoms with Crippen molar-refractivity contribution < 1.29 is 9.59 Å². The smallest absolute Gasteiger partial charge is 0.248 e. The summed E-state index contributed by atoms with van der Waals surface area (Å²) >= 11 is 0. The summed E-state index contributed by atoms with van der Waals surface area (Å²) in [7, 11) is 0. The minimum Gasteiger partial charge on any atom is -0.342 e. The molecule has 2 rings (SSSR count). The average molecular weight is 318 g/mol. The van der Waals surface area contributed by atoms with Crippen molar-refractivity contribution in [3.63, 3.8) is 0 Å². The molecule has 0 aromatic rings. The predicted octanol–water partition coefficient (Wildman–Crippen LogP) is 1.44. The number of nitrogens with two attached hydrogens (primary N) is 1. The molecule has 0 aromatic carbocycles. The number of amides is 2. The summed E-state index contributed by atoms with van der Waals surface area (Å²) in [5, 5.41) is 2.96. The molecule has 0 aromatic heterocycles. The Labute approximate surface area is 133 Å². The fourth-order valence-corrected chi connectivity index (χ4v) is 3.55. The molecule has 1 saturated carbocycles. The molecule has 2 aliphatic rings. The first-order valence-corrected chi connectivity index (χ1v) is 7.69. The fourth-order valence-electron chi connectivity index (χ4n) is 3.55. The van der Waals surface area contributed by atoms with Crippen molar-refractivity contribution in [2.24, 2.45) is 11.1 Å². The molecule has 21 heavy (non-hydrogen) atoms.